The summed E-state index contributed by atoms with van der Waals surface area (Å²) >= 11 is 0. The molecule has 0 aromatic carbocycles. The molecule has 2 atom stereocenters. The van der Waals surface area contributed by atoms with Crippen LogP contribution >= 0.6 is 0 Å². The molecule has 1 aromatic heterocycles. The number of methoxy groups -OCH3 is 1. The molecule has 2 unspecified atom stereocenters. The predicted octanol–water partition coefficient (Wildman–Crippen LogP) is 0.498. The molecule has 1 aromatic rings. The number of nitrogens with zero attached hydrogens (tertiary/aromatic N) is 1. The number of rotatable bonds is 5. The minimum Gasteiger partial charge on any atom is -0.465 e. The van der Waals surface area contributed by atoms with Crippen LogP contribution in [-0.2, 0) is 16.0 Å². The highest BCUT2D eigenvalue weighted by atomic mass is 16.5. The molecule has 1 aliphatic heterocycles. The van der Waals surface area contributed by atoms with Gasteiger partial charge >= 0.3 is 5.97 Å². The first kappa shape index (κ1) is 14.9. The molecule has 6 heteroatoms. The third-order valence-corrected chi connectivity index (χ3v) is 3.64. The van der Waals surface area contributed by atoms with Gasteiger partial charge in [0, 0.05) is 32.3 Å². The van der Waals surface area contributed by atoms with Gasteiger partial charge in [-0.05, 0) is 19.1 Å². The summed E-state index contributed by atoms with van der Waals surface area (Å²) < 4.78 is 9.98. The average molecular weight is 280 g/mol. The molecule has 0 amide bonds. The van der Waals surface area contributed by atoms with Gasteiger partial charge in [-0.3, -0.25) is 4.98 Å². The van der Waals surface area contributed by atoms with Crippen molar-refractivity contribution in [2.45, 2.75) is 31.6 Å². The minimum atomic E-state index is -0.814. The number of carbonyl (C=O) groups is 1. The van der Waals surface area contributed by atoms with Gasteiger partial charge in [0.1, 0.15) is 5.60 Å². The SMILES string of the molecule is COC(=O)c1ccc(CNCC2(O)CCOC2C)nc1. The summed E-state index contributed by atoms with van der Waals surface area (Å²) in [5.74, 6) is -0.400. The summed E-state index contributed by atoms with van der Waals surface area (Å²) in [5, 5.41) is 13.5. The van der Waals surface area contributed by atoms with Crippen molar-refractivity contribution < 1.29 is 19.4 Å². The summed E-state index contributed by atoms with van der Waals surface area (Å²) in [4.78, 5) is 15.4. The van der Waals surface area contributed by atoms with Crippen molar-refractivity contribution >= 4 is 5.97 Å². The average Bonchev–Trinajstić information content (AvgIpc) is 2.79. The Labute approximate surface area is 118 Å². The van der Waals surface area contributed by atoms with E-state index in [1.807, 2.05) is 6.92 Å². The summed E-state index contributed by atoms with van der Waals surface area (Å²) in [5.41, 5.74) is 0.409. The third kappa shape index (κ3) is 3.33. The van der Waals surface area contributed by atoms with Gasteiger partial charge in [-0.15, -0.1) is 0 Å². The smallest absolute Gasteiger partial charge is 0.339 e. The molecular formula is C14H20N2O4. The van der Waals surface area contributed by atoms with Crippen LogP contribution in [0.3, 0.4) is 0 Å². The largest absolute Gasteiger partial charge is 0.465 e. The maximum absolute atomic E-state index is 11.3. The number of pyridine rings is 1. The fraction of sp³-hybridized carbons (Fsp3) is 0.571. The zero-order valence-electron chi connectivity index (χ0n) is 11.8. The quantitative estimate of drug-likeness (QED) is 0.764. The highest BCUT2D eigenvalue weighted by molar-refractivity contribution is 5.88. The third-order valence-electron chi connectivity index (χ3n) is 3.64. The van der Waals surface area contributed by atoms with Crippen LogP contribution in [0.1, 0.15) is 29.4 Å². The highest BCUT2D eigenvalue weighted by Gasteiger charge is 2.38. The van der Waals surface area contributed by atoms with E-state index in [-0.39, 0.29) is 6.10 Å². The van der Waals surface area contributed by atoms with Gasteiger partial charge in [0.25, 0.3) is 0 Å². The molecule has 0 aliphatic carbocycles. The first-order valence-corrected chi connectivity index (χ1v) is 6.63. The van der Waals surface area contributed by atoms with E-state index in [0.717, 1.165) is 5.69 Å². The van der Waals surface area contributed by atoms with E-state index in [2.05, 4.69) is 15.0 Å². The molecule has 2 N–H and O–H groups in total. The van der Waals surface area contributed by atoms with Crippen molar-refractivity contribution in [3.05, 3.63) is 29.6 Å². The van der Waals surface area contributed by atoms with Crippen LogP contribution in [0.25, 0.3) is 0 Å². The Balaban J connectivity index is 1.84. The molecular weight excluding hydrogens is 260 g/mol. The van der Waals surface area contributed by atoms with Crippen LogP contribution in [0.5, 0.6) is 0 Å². The predicted molar refractivity (Wildman–Crippen MR) is 72.3 cm³/mol. The van der Waals surface area contributed by atoms with Gasteiger partial charge in [0.2, 0.25) is 0 Å². The Morgan fingerprint density at radius 1 is 1.65 bits per heavy atom. The topological polar surface area (TPSA) is 80.7 Å². The summed E-state index contributed by atoms with van der Waals surface area (Å²) in [6, 6.07) is 3.43. The van der Waals surface area contributed by atoms with Crippen molar-refractivity contribution in [2.75, 3.05) is 20.3 Å². The second-order valence-corrected chi connectivity index (χ2v) is 5.00. The fourth-order valence-electron chi connectivity index (χ4n) is 2.18. The standard InChI is InChI=1S/C14H20N2O4/c1-10-14(18,5-6-20-10)9-15-8-12-4-3-11(7-16-12)13(17)19-2/h3-4,7,10,15,18H,5-6,8-9H2,1-2H3. The molecule has 20 heavy (non-hydrogen) atoms. The second kappa shape index (κ2) is 6.30. The lowest BCUT2D eigenvalue weighted by Crippen LogP contribution is -2.45. The number of esters is 1. The van der Waals surface area contributed by atoms with E-state index in [0.29, 0.717) is 31.7 Å². The Hall–Kier alpha value is -1.50. The Bertz CT molecular complexity index is 463. The lowest BCUT2D eigenvalue weighted by molar-refractivity contribution is -0.0263. The summed E-state index contributed by atoms with van der Waals surface area (Å²) in [6.07, 6.45) is 1.96. The number of carbonyl (C=O) groups excluding carboxylic acids is 1. The maximum atomic E-state index is 11.3. The lowest BCUT2D eigenvalue weighted by Gasteiger charge is -2.26. The van der Waals surface area contributed by atoms with Crippen molar-refractivity contribution in [1.29, 1.82) is 0 Å². The molecule has 1 fully saturated rings. The van der Waals surface area contributed by atoms with Crippen molar-refractivity contribution in [1.82, 2.24) is 10.3 Å². The number of ether oxygens (including phenoxy) is 2. The van der Waals surface area contributed by atoms with E-state index in [4.69, 9.17) is 4.74 Å². The van der Waals surface area contributed by atoms with E-state index in [1.54, 1.807) is 12.1 Å². The fourth-order valence-corrected chi connectivity index (χ4v) is 2.18. The molecule has 0 saturated carbocycles. The number of hydrogen-bond donors (Lipinski definition) is 2. The molecule has 1 saturated heterocycles. The number of hydrogen-bond acceptors (Lipinski definition) is 6. The van der Waals surface area contributed by atoms with E-state index < -0.39 is 11.6 Å². The Kier molecular flexibility index (Phi) is 4.69. The molecule has 0 bridgehead atoms. The van der Waals surface area contributed by atoms with Gasteiger partial charge in [-0.2, -0.15) is 0 Å². The van der Waals surface area contributed by atoms with Crippen LogP contribution in [-0.4, -0.2) is 48.0 Å². The van der Waals surface area contributed by atoms with Crippen molar-refractivity contribution in [2.24, 2.45) is 0 Å². The molecule has 2 heterocycles. The van der Waals surface area contributed by atoms with Crippen molar-refractivity contribution in [3.63, 3.8) is 0 Å². The zero-order chi connectivity index (χ0) is 14.6. The van der Waals surface area contributed by atoms with Gasteiger partial charge in [-0.1, -0.05) is 0 Å². The van der Waals surface area contributed by atoms with Gasteiger partial charge in [0.15, 0.2) is 0 Å². The molecule has 6 nitrogen and oxygen atoms in total. The Morgan fingerprint density at radius 2 is 2.45 bits per heavy atom. The number of aromatic nitrogens is 1. The van der Waals surface area contributed by atoms with Gasteiger partial charge < -0.3 is 19.9 Å². The molecule has 0 radical (unpaired) electrons. The normalized spacial score (nSPS) is 25.6. The van der Waals surface area contributed by atoms with E-state index in [9.17, 15) is 9.90 Å². The van der Waals surface area contributed by atoms with Crippen LogP contribution in [0, 0.1) is 0 Å². The highest BCUT2D eigenvalue weighted by Crippen LogP contribution is 2.24. The van der Waals surface area contributed by atoms with Crippen LogP contribution in [0.15, 0.2) is 18.3 Å². The molecule has 2 rings (SSSR count). The number of nitrogens with one attached hydrogen (secondary N) is 1. The first-order chi connectivity index (χ1) is 9.55. The monoisotopic (exact) mass is 280 g/mol. The Morgan fingerprint density at radius 3 is 3.00 bits per heavy atom. The van der Waals surface area contributed by atoms with Crippen LogP contribution in [0.4, 0.5) is 0 Å². The molecule has 1 aliphatic rings. The van der Waals surface area contributed by atoms with Gasteiger partial charge in [0.05, 0.1) is 24.5 Å². The second-order valence-electron chi connectivity index (χ2n) is 5.00. The summed E-state index contributed by atoms with van der Waals surface area (Å²) in [6.45, 7) is 3.44. The van der Waals surface area contributed by atoms with E-state index >= 15 is 0 Å². The molecule has 110 valence electrons. The van der Waals surface area contributed by atoms with Crippen LogP contribution in [0.2, 0.25) is 0 Å². The van der Waals surface area contributed by atoms with Gasteiger partial charge in [-0.25, -0.2) is 4.79 Å². The van der Waals surface area contributed by atoms with Crippen molar-refractivity contribution in [3.8, 4) is 0 Å². The lowest BCUT2D eigenvalue weighted by atomic mass is 9.97. The van der Waals surface area contributed by atoms with Crippen LogP contribution < -0.4 is 5.32 Å². The summed E-state index contributed by atoms with van der Waals surface area (Å²) in [7, 11) is 1.34. The zero-order valence-corrected chi connectivity index (χ0v) is 11.8. The first-order valence-electron chi connectivity index (χ1n) is 6.63. The molecule has 0 spiro atoms. The number of aliphatic hydroxyl groups is 1. The van der Waals surface area contributed by atoms with E-state index in [1.165, 1.54) is 13.3 Å². The minimum absolute atomic E-state index is 0.162. The maximum Gasteiger partial charge on any atom is 0.339 e.